The number of hydrogen-bond donors (Lipinski definition) is 1. The second-order valence-electron chi connectivity index (χ2n) is 6.23. The Morgan fingerprint density at radius 2 is 1.62 bits per heavy atom. The summed E-state index contributed by atoms with van der Waals surface area (Å²) in [5.74, 6) is -3.88. The van der Waals surface area contributed by atoms with Crippen molar-refractivity contribution in [1.82, 2.24) is 5.32 Å². The molecule has 4 nitrogen and oxygen atoms in total. The first-order valence-electron chi connectivity index (χ1n) is 7.95. The van der Waals surface area contributed by atoms with Gasteiger partial charge in [-0.05, 0) is 61.2 Å². The Morgan fingerprint density at radius 3 is 2.08 bits per heavy atom. The highest BCUT2D eigenvalue weighted by atomic mass is 35.5. The normalized spacial score (nSPS) is 16.2. The van der Waals surface area contributed by atoms with Crippen LogP contribution in [0.1, 0.15) is 35.2 Å². The SMILES string of the molecule is O=C(NC1(c2ccc(Cl)cc2)CCC1)c1ccc(S(=O)(=O)C(F)F)cc1. The summed E-state index contributed by atoms with van der Waals surface area (Å²) in [4.78, 5) is 12.0. The van der Waals surface area contributed by atoms with Crippen molar-refractivity contribution in [2.45, 2.75) is 35.5 Å². The van der Waals surface area contributed by atoms with Crippen LogP contribution in [-0.2, 0) is 15.4 Å². The summed E-state index contributed by atoms with van der Waals surface area (Å²) in [6, 6.07) is 11.7. The smallest absolute Gasteiger partial charge is 0.341 e. The van der Waals surface area contributed by atoms with E-state index in [0.29, 0.717) is 5.02 Å². The van der Waals surface area contributed by atoms with E-state index < -0.39 is 26.0 Å². The van der Waals surface area contributed by atoms with Gasteiger partial charge in [-0.15, -0.1) is 0 Å². The van der Waals surface area contributed by atoms with Crippen molar-refractivity contribution in [3.8, 4) is 0 Å². The van der Waals surface area contributed by atoms with Gasteiger partial charge < -0.3 is 5.32 Å². The fourth-order valence-corrected chi connectivity index (χ4v) is 3.82. The first kappa shape index (κ1) is 18.8. The molecule has 138 valence electrons. The Labute approximate surface area is 155 Å². The average molecular weight is 400 g/mol. The van der Waals surface area contributed by atoms with Crippen LogP contribution in [0.3, 0.4) is 0 Å². The molecule has 1 saturated carbocycles. The van der Waals surface area contributed by atoms with Crippen LogP contribution >= 0.6 is 11.6 Å². The maximum atomic E-state index is 12.6. The molecule has 0 aliphatic heterocycles. The molecule has 1 aliphatic rings. The fourth-order valence-electron chi connectivity index (χ4n) is 2.97. The van der Waals surface area contributed by atoms with E-state index in [4.69, 9.17) is 11.6 Å². The van der Waals surface area contributed by atoms with Crippen molar-refractivity contribution >= 4 is 27.3 Å². The lowest BCUT2D eigenvalue weighted by molar-refractivity contribution is 0.0823. The molecule has 2 aromatic rings. The molecular formula is C18H16ClF2NO3S. The van der Waals surface area contributed by atoms with Gasteiger partial charge in [-0.3, -0.25) is 4.79 Å². The topological polar surface area (TPSA) is 63.2 Å². The van der Waals surface area contributed by atoms with Crippen LogP contribution in [0.15, 0.2) is 53.4 Å². The number of carbonyl (C=O) groups is 1. The summed E-state index contributed by atoms with van der Waals surface area (Å²) in [6.45, 7) is 0. The van der Waals surface area contributed by atoms with Gasteiger partial charge in [0, 0.05) is 10.6 Å². The van der Waals surface area contributed by atoms with E-state index in [1.54, 1.807) is 12.1 Å². The van der Waals surface area contributed by atoms with E-state index in [1.165, 1.54) is 12.1 Å². The Hall–Kier alpha value is -1.99. The van der Waals surface area contributed by atoms with Crippen molar-refractivity contribution in [3.63, 3.8) is 0 Å². The largest absolute Gasteiger partial charge is 0.343 e. The molecular weight excluding hydrogens is 384 g/mol. The van der Waals surface area contributed by atoms with Gasteiger partial charge in [0.1, 0.15) is 0 Å². The van der Waals surface area contributed by atoms with E-state index in [2.05, 4.69) is 5.32 Å². The third-order valence-corrected chi connectivity index (χ3v) is 6.29. The van der Waals surface area contributed by atoms with Crippen LogP contribution in [0.5, 0.6) is 0 Å². The summed E-state index contributed by atoms with van der Waals surface area (Å²) in [7, 11) is -4.67. The Kier molecular flexibility index (Phi) is 5.03. The number of halogens is 3. The van der Waals surface area contributed by atoms with Gasteiger partial charge >= 0.3 is 5.76 Å². The van der Waals surface area contributed by atoms with Gasteiger partial charge in [-0.2, -0.15) is 8.78 Å². The molecule has 3 rings (SSSR count). The van der Waals surface area contributed by atoms with Crippen molar-refractivity contribution in [2.24, 2.45) is 0 Å². The second-order valence-corrected chi connectivity index (χ2v) is 8.58. The summed E-state index contributed by atoms with van der Waals surface area (Å²) < 4.78 is 48.0. The van der Waals surface area contributed by atoms with Gasteiger partial charge in [-0.25, -0.2) is 8.42 Å². The number of rotatable bonds is 5. The third-order valence-electron chi connectivity index (χ3n) is 4.64. The van der Waals surface area contributed by atoms with E-state index in [0.717, 1.165) is 37.0 Å². The molecule has 26 heavy (non-hydrogen) atoms. The van der Waals surface area contributed by atoms with Crippen molar-refractivity contribution in [1.29, 1.82) is 0 Å². The molecule has 1 N–H and O–H groups in total. The number of carbonyl (C=O) groups excluding carboxylic acids is 1. The fraction of sp³-hybridized carbons (Fsp3) is 0.278. The highest BCUT2D eigenvalue weighted by Crippen LogP contribution is 2.41. The predicted molar refractivity (Wildman–Crippen MR) is 94.1 cm³/mol. The zero-order valence-electron chi connectivity index (χ0n) is 13.6. The van der Waals surface area contributed by atoms with Crippen LogP contribution in [0.2, 0.25) is 5.02 Å². The molecule has 0 bridgehead atoms. The molecule has 0 radical (unpaired) electrons. The summed E-state index contributed by atoms with van der Waals surface area (Å²) >= 11 is 5.91. The Bertz CT molecular complexity index is 908. The highest BCUT2D eigenvalue weighted by molar-refractivity contribution is 7.91. The highest BCUT2D eigenvalue weighted by Gasteiger charge is 2.40. The van der Waals surface area contributed by atoms with Gasteiger partial charge in [0.15, 0.2) is 0 Å². The third kappa shape index (κ3) is 3.46. The lowest BCUT2D eigenvalue weighted by Gasteiger charge is -2.43. The molecule has 0 spiro atoms. The molecule has 1 amide bonds. The predicted octanol–water partition coefficient (Wildman–Crippen LogP) is 4.15. The lowest BCUT2D eigenvalue weighted by Crippen LogP contribution is -2.50. The van der Waals surface area contributed by atoms with Crippen molar-refractivity contribution < 1.29 is 22.0 Å². The van der Waals surface area contributed by atoms with Crippen LogP contribution in [0.4, 0.5) is 8.78 Å². The lowest BCUT2D eigenvalue weighted by atomic mass is 9.71. The van der Waals surface area contributed by atoms with Gasteiger partial charge in [-0.1, -0.05) is 23.7 Å². The monoisotopic (exact) mass is 399 g/mol. The number of sulfone groups is 1. The minimum Gasteiger partial charge on any atom is -0.343 e. The van der Waals surface area contributed by atoms with Crippen LogP contribution in [-0.4, -0.2) is 20.1 Å². The minimum absolute atomic E-state index is 0.207. The molecule has 0 atom stereocenters. The molecule has 1 fully saturated rings. The van der Waals surface area contributed by atoms with Crippen molar-refractivity contribution in [2.75, 3.05) is 0 Å². The molecule has 8 heteroatoms. The zero-order chi connectivity index (χ0) is 18.9. The maximum Gasteiger partial charge on any atom is 0.341 e. The van der Waals surface area contributed by atoms with Gasteiger partial charge in [0.25, 0.3) is 5.91 Å². The van der Waals surface area contributed by atoms with E-state index in [1.807, 2.05) is 12.1 Å². The number of benzene rings is 2. The first-order chi connectivity index (χ1) is 12.2. The molecule has 2 aromatic carbocycles. The average Bonchev–Trinajstić information content (AvgIpc) is 2.59. The first-order valence-corrected chi connectivity index (χ1v) is 9.88. The quantitative estimate of drug-likeness (QED) is 0.821. The molecule has 0 aromatic heterocycles. The zero-order valence-corrected chi connectivity index (χ0v) is 15.2. The van der Waals surface area contributed by atoms with E-state index >= 15 is 0 Å². The standard InChI is InChI=1S/C18H16ClF2NO3S/c19-14-6-4-13(5-7-14)18(10-1-11-18)22-16(23)12-2-8-15(9-3-12)26(24,25)17(20)21/h2-9,17H,1,10-11H2,(H,22,23). The summed E-state index contributed by atoms with van der Waals surface area (Å²) in [5.41, 5.74) is 0.659. The molecule has 0 unspecified atom stereocenters. The van der Waals surface area contributed by atoms with E-state index in [9.17, 15) is 22.0 Å². The van der Waals surface area contributed by atoms with Gasteiger partial charge in [0.2, 0.25) is 9.84 Å². The summed E-state index contributed by atoms with van der Waals surface area (Å²) in [5, 5.41) is 3.59. The second kappa shape index (κ2) is 6.96. The molecule has 0 heterocycles. The van der Waals surface area contributed by atoms with Crippen molar-refractivity contribution in [3.05, 3.63) is 64.7 Å². The Morgan fingerprint density at radius 1 is 1.04 bits per heavy atom. The van der Waals surface area contributed by atoms with Crippen LogP contribution < -0.4 is 5.32 Å². The number of alkyl halides is 2. The summed E-state index contributed by atoms with van der Waals surface area (Å²) in [6.07, 6.45) is 2.52. The molecule has 1 aliphatic carbocycles. The van der Waals surface area contributed by atoms with E-state index in [-0.39, 0.29) is 11.5 Å². The van der Waals surface area contributed by atoms with Crippen LogP contribution in [0.25, 0.3) is 0 Å². The van der Waals surface area contributed by atoms with Crippen LogP contribution in [0, 0.1) is 0 Å². The number of hydrogen-bond acceptors (Lipinski definition) is 3. The van der Waals surface area contributed by atoms with Gasteiger partial charge in [0.05, 0.1) is 10.4 Å². The minimum atomic E-state index is -4.67. The number of amides is 1. The molecule has 0 saturated heterocycles. The number of nitrogens with one attached hydrogen (secondary N) is 1. The Balaban J connectivity index is 1.80. The maximum absolute atomic E-state index is 12.6.